The normalized spacial score (nSPS) is 15.1. The Hall–Kier alpha value is -7.10. The quantitative estimate of drug-likeness (QED) is 0.181. The van der Waals surface area contributed by atoms with Gasteiger partial charge in [0.25, 0.3) is 0 Å². The van der Waals surface area contributed by atoms with Gasteiger partial charge in [-0.1, -0.05) is 140 Å². The van der Waals surface area contributed by atoms with Gasteiger partial charge in [0.2, 0.25) is 0 Å². The van der Waals surface area contributed by atoms with Crippen LogP contribution in [0.1, 0.15) is 40.7 Å². The van der Waals surface area contributed by atoms with Gasteiger partial charge in [0.15, 0.2) is 23.0 Å². The number of para-hydroxylation sites is 3. The van der Waals surface area contributed by atoms with Crippen molar-refractivity contribution in [2.75, 3.05) is 4.90 Å². The number of benzene rings is 8. The lowest BCUT2D eigenvalue weighted by Gasteiger charge is -2.33. The van der Waals surface area contributed by atoms with Crippen molar-refractivity contribution in [1.29, 1.82) is 0 Å². The molecule has 0 bridgehead atoms. The van der Waals surface area contributed by atoms with Gasteiger partial charge >= 0.3 is 0 Å². The highest BCUT2D eigenvalue weighted by atomic mass is 16.6. The van der Waals surface area contributed by atoms with E-state index in [9.17, 15) is 0 Å². The minimum atomic E-state index is -0.475. The Labute approximate surface area is 326 Å². The number of rotatable bonds is 4. The molecule has 264 valence electrons. The van der Waals surface area contributed by atoms with E-state index in [0.717, 1.165) is 52.9 Å². The molecule has 8 aromatic rings. The van der Waals surface area contributed by atoms with Gasteiger partial charge < -0.3 is 14.4 Å². The van der Waals surface area contributed by atoms with Crippen LogP contribution >= 0.6 is 0 Å². The molecule has 1 aliphatic heterocycles. The molecular weight excluding hydrogens is 683 g/mol. The first-order chi connectivity index (χ1) is 27.8. The molecule has 0 unspecified atom stereocenters. The second kappa shape index (κ2) is 11.9. The maximum Gasteiger partial charge on any atom is 0.177 e. The molecule has 1 heterocycles. The van der Waals surface area contributed by atoms with Crippen molar-refractivity contribution in [3.05, 3.63) is 221 Å². The maximum absolute atomic E-state index is 6.81. The van der Waals surface area contributed by atoms with E-state index in [0.29, 0.717) is 0 Å². The fourth-order valence-electron chi connectivity index (χ4n) is 9.95. The molecule has 0 atom stereocenters. The molecule has 3 heteroatoms. The third-order valence-corrected chi connectivity index (χ3v) is 12.3. The topological polar surface area (TPSA) is 21.7 Å². The molecular formula is C53H35NO2. The first-order valence-corrected chi connectivity index (χ1v) is 19.5. The van der Waals surface area contributed by atoms with Crippen molar-refractivity contribution >= 4 is 39.0 Å². The number of nitrogens with zero attached hydrogens (tertiary/aromatic N) is 1. The van der Waals surface area contributed by atoms with Crippen LogP contribution in [0.5, 0.6) is 23.0 Å². The van der Waals surface area contributed by atoms with Crippen molar-refractivity contribution < 1.29 is 9.47 Å². The maximum atomic E-state index is 6.81. The summed E-state index contributed by atoms with van der Waals surface area (Å²) in [6.45, 7) is 0. The summed E-state index contributed by atoms with van der Waals surface area (Å²) in [5, 5.41) is 2.45. The second-order valence-electron chi connectivity index (χ2n) is 15.1. The number of anilines is 3. The van der Waals surface area contributed by atoms with Crippen LogP contribution in [0.3, 0.4) is 0 Å². The molecule has 3 nitrogen and oxygen atoms in total. The summed E-state index contributed by atoms with van der Waals surface area (Å²) in [5.74, 6) is 3.09. The third kappa shape index (κ3) is 4.34. The first-order valence-electron chi connectivity index (χ1n) is 19.5. The second-order valence-corrected chi connectivity index (χ2v) is 15.1. The summed E-state index contributed by atoms with van der Waals surface area (Å²) >= 11 is 0. The van der Waals surface area contributed by atoms with Crippen molar-refractivity contribution in [3.63, 3.8) is 0 Å². The van der Waals surface area contributed by atoms with Crippen molar-refractivity contribution in [2.45, 2.75) is 18.3 Å². The molecule has 4 aliphatic rings. The first kappa shape index (κ1) is 31.3. The highest BCUT2D eigenvalue weighted by Gasteiger charge is 2.54. The summed E-state index contributed by atoms with van der Waals surface area (Å²) < 4.78 is 13.3. The molecule has 0 radical (unpaired) electrons. The van der Waals surface area contributed by atoms with Gasteiger partial charge in [-0.05, 0) is 117 Å². The van der Waals surface area contributed by atoms with Crippen molar-refractivity contribution in [1.82, 2.24) is 0 Å². The Morgan fingerprint density at radius 2 is 1.11 bits per heavy atom. The van der Waals surface area contributed by atoms with Gasteiger partial charge in [-0.25, -0.2) is 0 Å². The van der Waals surface area contributed by atoms with Crippen LogP contribution in [0.4, 0.5) is 17.1 Å². The van der Waals surface area contributed by atoms with Gasteiger partial charge in [-0.2, -0.15) is 0 Å². The summed E-state index contributed by atoms with van der Waals surface area (Å²) in [6.07, 6.45) is 4.33. The lowest BCUT2D eigenvalue weighted by atomic mass is 9.68. The van der Waals surface area contributed by atoms with Crippen LogP contribution in [-0.2, 0) is 5.41 Å². The molecule has 12 rings (SSSR count). The average molecular weight is 718 g/mol. The molecule has 0 fully saturated rings. The van der Waals surface area contributed by atoms with E-state index in [-0.39, 0.29) is 0 Å². The Kier molecular flexibility index (Phi) is 6.67. The number of hydrogen-bond donors (Lipinski definition) is 0. The Balaban J connectivity index is 1.03. The van der Waals surface area contributed by atoms with E-state index in [1.54, 1.807) is 0 Å². The van der Waals surface area contributed by atoms with E-state index in [2.05, 4.69) is 169 Å². The van der Waals surface area contributed by atoms with Gasteiger partial charge in [-0.15, -0.1) is 0 Å². The largest absolute Gasteiger partial charge is 0.449 e. The van der Waals surface area contributed by atoms with Crippen LogP contribution in [0.25, 0.3) is 33.0 Å². The number of ether oxygens (including phenoxy) is 2. The van der Waals surface area contributed by atoms with E-state index in [1.807, 2.05) is 24.3 Å². The fraction of sp³-hybridized carbons (Fsp3) is 0.0566. The van der Waals surface area contributed by atoms with Gasteiger partial charge in [0.1, 0.15) is 0 Å². The SMILES string of the molecule is C1=C(c2ccc(N(c3ccccc3)c3cccc4ccccc34)cc2)CCC2=C1C1(c3ccccc3-c3ccccc31)c1ccc3c(c12)Oc1ccccc1O3. The van der Waals surface area contributed by atoms with Crippen molar-refractivity contribution in [2.24, 2.45) is 0 Å². The zero-order valence-corrected chi connectivity index (χ0v) is 30.6. The smallest absolute Gasteiger partial charge is 0.177 e. The highest BCUT2D eigenvalue weighted by Crippen LogP contribution is 2.67. The summed E-state index contributed by atoms with van der Waals surface area (Å²) in [7, 11) is 0. The van der Waals surface area contributed by atoms with Crippen molar-refractivity contribution in [3.8, 4) is 34.1 Å². The molecule has 56 heavy (non-hydrogen) atoms. The molecule has 0 amide bonds. The predicted octanol–water partition coefficient (Wildman–Crippen LogP) is 14.2. The van der Waals surface area contributed by atoms with E-state index < -0.39 is 5.41 Å². The minimum absolute atomic E-state index is 0.475. The number of allylic oxidation sites excluding steroid dienone is 4. The summed E-state index contributed by atoms with van der Waals surface area (Å²) in [6, 6.07) is 65.4. The zero-order chi connectivity index (χ0) is 36.8. The molecule has 0 N–H and O–H groups in total. The van der Waals surface area contributed by atoms with Crippen LogP contribution < -0.4 is 14.4 Å². The number of hydrogen-bond acceptors (Lipinski definition) is 3. The summed E-state index contributed by atoms with van der Waals surface area (Å²) in [4.78, 5) is 2.38. The van der Waals surface area contributed by atoms with E-state index >= 15 is 0 Å². The Morgan fingerprint density at radius 1 is 0.464 bits per heavy atom. The van der Waals surface area contributed by atoms with E-state index in [4.69, 9.17) is 9.47 Å². The van der Waals surface area contributed by atoms with Crippen LogP contribution in [0.15, 0.2) is 194 Å². The molecule has 1 spiro atoms. The molecule has 0 saturated carbocycles. The molecule has 0 saturated heterocycles. The van der Waals surface area contributed by atoms with Gasteiger partial charge in [0.05, 0.1) is 11.1 Å². The lowest BCUT2D eigenvalue weighted by molar-refractivity contribution is 0.358. The zero-order valence-electron chi connectivity index (χ0n) is 30.6. The predicted molar refractivity (Wildman–Crippen MR) is 228 cm³/mol. The number of fused-ring (bicyclic) bond motifs is 13. The van der Waals surface area contributed by atoms with Crippen LogP contribution in [0, 0.1) is 0 Å². The Bertz CT molecular complexity index is 2920. The standard InChI is InChI=1S/C53H35NO2/c1-2-15-37(16-3-1)54(47-22-12-14-35-13-4-5-17-39(35)47)38-28-25-34(26-29-38)36-27-30-42-46(33-36)53(43-20-8-6-18-40(43)41-19-7-9-21-44(41)53)45-31-32-50-52(51(42)45)56-49-24-11-10-23-48(49)55-50/h1-26,28-29,31-33H,27,30H2. The Morgan fingerprint density at radius 3 is 1.89 bits per heavy atom. The molecule has 0 aromatic heterocycles. The minimum Gasteiger partial charge on any atom is -0.449 e. The van der Waals surface area contributed by atoms with Crippen LogP contribution in [0.2, 0.25) is 0 Å². The lowest BCUT2D eigenvalue weighted by Crippen LogP contribution is -2.27. The highest BCUT2D eigenvalue weighted by molar-refractivity contribution is 6.01. The summed E-state index contributed by atoms with van der Waals surface area (Å²) in [5.41, 5.74) is 15.9. The monoisotopic (exact) mass is 717 g/mol. The van der Waals surface area contributed by atoms with E-state index in [1.165, 1.54) is 66.4 Å². The third-order valence-electron chi connectivity index (χ3n) is 12.3. The average Bonchev–Trinajstić information content (AvgIpc) is 3.74. The fourth-order valence-corrected chi connectivity index (χ4v) is 9.95. The van der Waals surface area contributed by atoms with Gasteiger partial charge in [0, 0.05) is 22.3 Å². The van der Waals surface area contributed by atoms with Gasteiger partial charge in [-0.3, -0.25) is 0 Å². The molecule has 8 aromatic carbocycles. The molecule has 3 aliphatic carbocycles. The van der Waals surface area contributed by atoms with Crippen LogP contribution in [-0.4, -0.2) is 0 Å².